The number of nitrogens with two attached hydrogens (primary N) is 2. The molecule has 0 saturated heterocycles. The van der Waals surface area contributed by atoms with E-state index in [9.17, 15) is 8.42 Å². The highest BCUT2D eigenvalue weighted by Crippen LogP contribution is 2.39. The Morgan fingerprint density at radius 3 is 2.32 bits per heavy atom. The van der Waals surface area contributed by atoms with Crippen LogP contribution in [0.1, 0.15) is 24.8 Å². The summed E-state index contributed by atoms with van der Waals surface area (Å²) in [6, 6.07) is 22.9. The lowest BCUT2D eigenvalue weighted by molar-refractivity contribution is 0.253. The third-order valence-corrected chi connectivity index (χ3v) is 7.62. The summed E-state index contributed by atoms with van der Waals surface area (Å²) in [6.07, 6.45) is 5.89. The standard InChI is InChI=1S/C28H27N7O2S/c1-38(36,37)34-20-9-5-18(6-10-20)23-13-14-24-27(32-23)35(26(33-24)22-4-2-17-31-25(22)29)21-11-7-19(8-12-21)28(30)15-3-16-28/h2,4-14,17,34H,3,15-16,30H2,1H3,(H2,29,31). The Balaban J connectivity index is 1.48. The molecule has 9 nitrogen and oxygen atoms in total. The summed E-state index contributed by atoms with van der Waals surface area (Å²) in [5, 5.41) is 0. The van der Waals surface area contributed by atoms with Crippen LogP contribution in [0.4, 0.5) is 11.5 Å². The number of benzene rings is 2. The summed E-state index contributed by atoms with van der Waals surface area (Å²) in [5.74, 6) is 1.02. The number of hydrogen-bond acceptors (Lipinski definition) is 7. The Labute approximate surface area is 220 Å². The van der Waals surface area contributed by atoms with E-state index in [1.165, 1.54) is 0 Å². The largest absolute Gasteiger partial charge is 0.383 e. The fraction of sp³-hybridized carbons (Fsp3) is 0.179. The maximum absolute atomic E-state index is 11.6. The van der Waals surface area contributed by atoms with E-state index in [2.05, 4.69) is 21.8 Å². The second kappa shape index (κ2) is 8.93. The molecule has 3 aromatic heterocycles. The quantitative estimate of drug-likeness (QED) is 0.297. The lowest BCUT2D eigenvalue weighted by Crippen LogP contribution is -2.43. The van der Waals surface area contributed by atoms with Gasteiger partial charge in [0.05, 0.1) is 17.5 Å². The topological polar surface area (TPSA) is 142 Å². The molecule has 5 N–H and O–H groups in total. The highest BCUT2D eigenvalue weighted by atomic mass is 32.2. The molecular weight excluding hydrogens is 498 g/mol. The van der Waals surface area contributed by atoms with E-state index in [1.54, 1.807) is 18.3 Å². The van der Waals surface area contributed by atoms with Gasteiger partial charge in [-0.05, 0) is 73.4 Å². The predicted octanol–water partition coefficient (Wildman–Crippen LogP) is 4.44. The number of sulfonamides is 1. The van der Waals surface area contributed by atoms with Crippen molar-refractivity contribution in [3.8, 4) is 28.3 Å². The van der Waals surface area contributed by atoms with Gasteiger partial charge in [-0.2, -0.15) is 0 Å². The average Bonchev–Trinajstić information content (AvgIpc) is 3.25. The van der Waals surface area contributed by atoms with Gasteiger partial charge in [-0.15, -0.1) is 0 Å². The van der Waals surface area contributed by atoms with E-state index in [-0.39, 0.29) is 5.54 Å². The predicted molar refractivity (Wildman–Crippen MR) is 150 cm³/mol. The maximum atomic E-state index is 11.6. The van der Waals surface area contributed by atoms with Gasteiger partial charge in [-0.1, -0.05) is 24.3 Å². The zero-order valence-electron chi connectivity index (χ0n) is 20.8. The van der Waals surface area contributed by atoms with Crippen LogP contribution in [-0.2, 0) is 15.6 Å². The second-order valence-electron chi connectivity index (χ2n) is 9.75. The van der Waals surface area contributed by atoms with Crippen LogP contribution in [0.3, 0.4) is 0 Å². The molecule has 0 bridgehead atoms. The third kappa shape index (κ3) is 4.37. The van der Waals surface area contributed by atoms with Crippen LogP contribution in [0.25, 0.3) is 39.5 Å². The number of anilines is 2. The zero-order chi connectivity index (χ0) is 26.5. The molecule has 0 radical (unpaired) electrons. The minimum atomic E-state index is -3.36. The van der Waals surface area contributed by atoms with Crippen LogP contribution in [-0.4, -0.2) is 34.2 Å². The van der Waals surface area contributed by atoms with Crippen molar-refractivity contribution in [3.63, 3.8) is 0 Å². The SMILES string of the molecule is CS(=O)(=O)Nc1ccc(-c2ccc3nc(-c4cccnc4N)n(-c4ccc(C5(N)CCC5)cc4)c3n2)cc1. The lowest BCUT2D eigenvalue weighted by Gasteiger charge is -2.38. The average molecular weight is 526 g/mol. The number of nitrogens with zero attached hydrogens (tertiary/aromatic N) is 4. The van der Waals surface area contributed by atoms with Gasteiger partial charge in [0.25, 0.3) is 0 Å². The van der Waals surface area contributed by atoms with E-state index < -0.39 is 10.0 Å². The highest BCUT2D eigenvalue weighted by molar-refractivity contribution is 7.92. The molecule has 1 aliphatic carbocycles. The van der Waals surface area contributed by atoms with Crippen LogP contribution < -0.4 is 16.2 Å². The van der Waals surface area contributed by atoms with Crippen molar-refractivity contribution in [1.29, 1.82) is 0 Å². The first-order chi connectivity index (χ1) is 18.2. The van der Waals surface area contributed by atoms with Crippen molar-refractivity contribution in [3.05, 3.63) is 84.6 Å². The molecule has 0 atom stereocenters. The first-order valence-electron chi connectivity index (χ1n) is 12.3. The number of pyridine rings is 2. The normalized spacial score (nSPS) is 14.8. The smallest absolute Gasteiger partial charge is 0.229 e. The van der Waals surface area contributed by atoms with Crippen LogP contribution in [0.15, 0.2) is 79.0 Å². The summed E-state index contributed by atoms with van der Waals surface area (Å²) < 4.78 is 27.6. The molecule has 6 rings (SSSR count). The molecule has 1 saturated carbocycles. The van der Waals surface area contributed by atoms with Crippen LogP contribution in [0, 0.1) is 0 Å². The molecule has 0 amide bonds. The Kier molecular flexibility index (Phi) is 5.66. The van der Waals surface area contributed by atoms with E-state index in [4.69, 9.17) is 21.4 Å². The molecule has 5 aromatic rings. The Morgan fingerprint density at radius 2 is 1.68 bits per heavy atom. The second-order valence-corrected chi connectivity index (χ2v) is 11.5. The number of hydrogen-bond donors (Lipinski definition) is 3. The van der Waals surface area contributed by atoms with Gasteiger partial charge in [0.15, 0.2) is 11.5 Å². The number of rotatable bonds is 6. The minimum absolute atomic E-state index is 0.254. The van der Waals surface area contributed by atoms with Crippen molar-refractivity contribution < 1.29 is 8.42 Å². The van der Waals surface area contributed by atoms with E-state index in [0.717, 1.165) is 48.0 Å². The summed E-state index contributed by atoms with van der Waals surface area (Å²) in [4.78, 5) is 14.1. The van der Waals surface area contributed by atoms with E-state index in [0.29, 0.717) is 34.1 Å². The summed E-state index contributed by atoms with van der Waals surface area (Å²) in [7, 11) is -3.36. The van der Waals surface area contributed by atoms with Gasteiger partial charge in [0.1, 0.15) is 11.3 Å². The number of aromatic nitrogens is 4. The van der Waals surface area contributed by atoms with Gasteiger partial charge < -0.3 is 11.5 Å². The maximum Gasteiger partial charge on any atom is 0.229 e. The molecule has 38 heavy (non-hydrogen) atoms. The number of nitrogen functional groups attached to an aromatic ring is 1. The van der Waals surface area contributed by atoms with E-state index >= 15 is 0 Å². The Bertz CT molecular complexity index is 1760. The number of fused-ring (bicyclic) bond motifs is 1. The molecule has 0 spiro atoms. The van der Waals surface area contributed by atoms with Crippen molar-refractivity contribution in [2.45, 2.75) is 24.8 Å². The molecule has 3 heterocycles. The minimum Gasteiger partial charge on any atom is -0.383 e. The zero-order valence-corrected chi connectivity index (χ0v) is 21.6. The van der Waals surface area contributed by atoms with Crippen LogP contribution in [0.5, 0.6) is 0 Å². The van der Waals surface area contributed by atoms with Gasteiger partial charge in [-0.3, -0.25) is 9.29 Å². The van der Waals surface area contributed by atoms with Gasteiger partial charge in [-0.25, -0.2) is 23.4 Å². The Hall–Kier alpha value is -4.28. The fourth-order valence-electron chi connectivity index (χ4n) is 4.86. The lowest BCUT2D eigenvalue weighted by atomic mass is 9.73. The molecule has 0 aliphatic heterocycles. The van der Waals surface area contributed by atoms with Gasteiger partial charge in [0, 0.05) is 28.7 Å². The molecule has 1 fully saturated rings. The van der Waals surface area contributed by atoms with Gasteiger partial charge in [0.2, 0.25) is 10.0 Å². The van der Waals surface area contributed by atoms with Crippen molar-refractivity contribution >= 4 is 32.7 Å². The summed E-state index contributed by atoms with van der Waals surface area (Å²) >= 11 is 0. The number of nitrogens with one attached hydrogen (secondary N) is 1. The summed E-state index contributed by atoms with van der Waals surface area (Å²) in [5.41, 5.74) is 18.7. The van der Waals surface area contributed by atoms with Crippen molar-refractivity contribution in [2.24, 2.45) is 5.73 Å². The molecule has 192 valence electrons. The first-order valence-corrected chi connectivity index (χ1v) is 14.2. The molecule has 1 aliphatic rings. The summed E-state index contributed by atoms with van der Waals surface area (Å²) in [6.45, 7) is 0. The molecular formula is C28H27N7O2S. The monoisotopic (exact) mass is 525 g/mol. The van der Waals surface area contributed by atoms with Gasteiger partial charge >= 0.3 is 0 Å². The van der Waals surface area contributed by atoms with Crippen LogP contribution in [0.2, 0.25) is 0 Å². The highest BCUT2D eigenvalue weighted by Gasteiger charge is 2.34. The van der Waals surface area contributed by atoms with Crippen molar-refractivity contribution in [1.82, 2.24) is 19.5 Å². The Morgan fingerprint density at radius 1 is 0.947 bits per heavy atom. The molecule has 2 aromatic carbocycles. The third-order valence-electron chi connectivity index (χ3n) is 7.01. The molecule has 10 heteroatoms. The van der Waals surface area contributed by atoms with Crippen LogP contribution >= 0.6 is 0 Å². The number of imidazole rings is 1. The van der Waals surface area contributed by atoms with Crippen molar-refractivity contribution in [2.75, 3.05) is 16.7 Å². The van der Waals surface area contributed by atoms with E-state index in [1.807, 2.05) is 53.1 Å². The fourth-order valence-corrected chi connectivity index (χ4v) is 5.43. The molecule has 0 unspecified atom stereocenters. The first kappa shape index (κ1) is 24.1.